The summed E-state index contributed by atoms with van der Waals surface area (Å²) in [5.74, 6) is 2.30. The van der Waals surface area contributed by atoms with E-state index >= 15 is 0 Å². The Morgan fingerprint density at radius 1 is 0.972 bits per heavy atom. The molecular weight excluding hydrogens is 452 g/mol. The SMILES string of the molecule is C[C@H]1CN(c2nc3ccccc3c3nnc(C4CCCCC4)n23)CCN1C(=O)OCc1ccccc1. The van der Waals surface area contributed by atoms with Crippen molar-refractivity contribution < 1.29 is 9.53 Å². The van der Waals surface area contributed by atoms with E-state index in [1.165, 1.54) is 19.3 Å². The first-order chi connectivity index (χ1) is 17.7. The number of para-hydroxylation sites is 1. The third-order valence-corrected chi connectivity index (χ3v) is 7.57. The van der Waals surface area contributed by atoms with Crippen LogP contribution in [-0.2, 0) is 11.3 Å². The molecule has 36 heavy (non-hydrogen) atoms. The average molecular weight is 485 g/mol. The fraction of sp³-hybridized carbons (Fsp3) is 0.429. The quantitative estimate of drug-likeness (QED) is 0.398. The molecule has 1 saturated carbocycles. The zero-order valence-electron chi connectivity index (χ0n) is 20.7. The highest BCUT2D eigenvalue weighted by Gasteiger charge is 2.32. The van der Waals surface area contributed by atoms with Crippen LogP contribution >= 0.6 is 0 Å². The molecule has 0 radical (unpaired) electrons. The van der Waals surface area contributed by atoms with Crippen LogP contribution in [-0.4, -0.2) is 56.3 Å². The lowest BCUT2D eigenvalue weighted by Crippen LogP contribution is -2.54. The van der Waals surface area contributed by atoms with Crippen molar-refractivity contribution in [2.24, 2.45) is 0 Å². The maximum absolute atomic E-state index is 12.9. The third kappa shape index (κ3) is 4.25. The molecule has 1 aliphatic heterocycles. The predicted octanol–water partition coefficient (Wildman–Crippen LogP) is 5.17. The zero-order valence-corrected chi connectivity index (χ0v) is 20.7. The second-order valence-corrected chi connectivity index (χ2v) is 10.0. The van der Waals surface area contributed by atoms with Crippen molar-refractivity contribution in [1.82, 2.24) is 24.5 Å². The Morgan fingerprint density at radius 3 is 2.56 bits per heavy atom. The Balaban J connectivity index is 1.28. The topological polar surface area (TPSA) is 75.9 Å². The largest absolute Gasteiger partial charge is 0.445 e. The summed E-state index contributed by atoms with van der Waals surface area (Å²) in [6, 6.07) is 17.9. The lowest BCUT2D eigenvalue weighted by Gasteiger charge is -2.39. The van der Waals surface area contributed by atoms with E-state index in [1.54, 1.807) is 0 Å². The number of carbonyl (C=O) groups is 1. The number of hydrogen-bond donors (Lipinski definition) is 0. The molecule has 1 aliphatic carbocycles. The Hall–Kier alpha value is -3.68. The highest BCUT2D eigenvalue weighted by atomic mass is 16.6. The van der Waals surface area contributed by atoms with Crippen molar-refractivity contribution in [2.75, 3.05) is 24.5 Å². The van der Waals surface area contributed by atoms with Crippen LogP contribution in [0.1, 0.15) is 56.3 Å². The van der Waals surface area contributed by atoms with Crippen LogP contribution in [0.3, 0.4) is 0 Å². The highest BCUT2D eigenvalue weighted by Crippen LogP contribution is 2.35. The summed E-state index contributed by atoms with van der Waals surface area (Å²) in [6.45, 7) is 4.27. The number of hydrogen-bond acceptors (Lipinski definition) is 6. The molecular formula is C28H32N6O2. The van der Waals surface area contributed by atoms with Gasteiger partial charge in [0.25, 0.3) is 0 Å². The summed E-state index contributed by atoms with van der Waals surface area (Å²) in [5.41, 5.74) is 2.77. The summed E-state index contributed by atoms with van der Waals surface area (Å²) in [4.78, 5) is 22.1. The molecule has 2 aromatic carbocycles. The second-order valence-electron chi connectivity index (χ2n) is 10.0. The molecule has 0 bridgehead atoms. The smallest absolute Gasteiger partial charge is 0.410 e. The number of ether oxygens (including phenoxy) is 1. The zero-order chi connectivity index (χ0) is 24.5. The first kappa shape index (κ1) is 22.8. The minimum absolute atomic E-state index is 0.0139. The Bertz CT molecular complexity index is 1360. The molecule has 2 fully saturated rings. The molecule has 4 aromatic rings. The van der Waals surface area contributed by atoms with Gasteiger partial charge in [-0.3, -0.25) is 0 Å². The second kappa shape index (κ2) is 9.76. The number of amides is 1. The van der Waals surface area contributed by atoms with Crippen molar-refractivity contribution in [3.05, 3.63) is 66.0 Å². The van der Waals surface area contributed by atoms with E-state index in [0.717, 1.165) is 46.7 Å². The lowest BCUT2D eigenvalue weighted by molar-refractivity contribution is 0.0793. The van der Waals surface area contributed by atoms with Gasteiger partial charge < -0.3 is 14.5 Å². The van der Waals surface area contributed by atoms with Gasteiger partial charge in [0.1, 0.15) is 12.4 Å². The number of piperazine rings is 1. The first-order valence-corrected chi connectivity index (χ1v) is 13.0. The Morgan fingerprint density at radius 2 is 1.75 bits per heavy atom. The van der Waals surface area contributed by atoms with Crippen LogP contribution in [0.25, 0.3) is 16.6 Å². The number of benzene rings is 2. The Kier molecular flexibility index (Phi) is 6.17. The number of fused-ring (bicyclic) bond motifs is 3. The molecule has 0 N–H and O–H groups in total. The van der Waals surface area contributed by atoms with Crippen LogP contribution in [0.5, 0.6) is 0 Å². The minimum atomic E-state index is -0.269. The normalized spacial score (nSPS) is 19.2. The van der Waals surface area contributed by atoms with Gasteiger partial charge in [0.2, 0.25) is 5.95 Å². The predicted molar refractivity (Wildman–Crippen MR) is 139 cm³/mol. The fourth-order valence-corrected chi connectivity index (χ4v) is 5.64. The van der Waals surface area contributed by atoms with Crippen molar-refractivity contribution >= 4 is 28.6 Å². The summed E-state index contributed by atoms with van der Waals surface area (Å²) >= 11 is 0. The van der Waals surface area contributed by atoms with Crippen LogP contribution in [0.15, 0.2) is 54.6 Å². The molecule has 186 valence electrons. The Labute approximate surface area is 210 Å². The standard InChI is InChI=1S/C28H32N6O2/c1-20-18-32(16-17-33(20)28(35)36-19-21-10-4-2-5-11-21)27-29-24-15-9-8-14-23(24)26-31-30-25(34(26)27)22-12-6-3-7-13-22/h2,4-5,8-11,14-15,20,22H,3,6-7,12-13,16-19H2,1H3/t20-/m0/s1. The number of anilines is 1. The van der Waals surface area contributed by atoms with Crippen molar-refractivity contribution in [3.63, 3.8) is 0 Å². The molecule has 1 saturated heterocycles. The summed E-state index contributed by atoms with van der Waals surface area (Å²) < 4.78 is 7.81. The molecule has 1 atom stereocenters. The third-order valence-electron chi connectivity index (χ3n) is 7.57. The van der Waals surface area contributed by atoms with Gasteiger partial charge in [0.15, 0.2) is 5.65 Å². The van der Waals surface area contributed by atoms with Gasteiger partial charge in [-0.2, -0.15) is 0 Å². The fourth-order valence-electron chi connectivity index (χ4n) is 5.64. The maximum Gasteiger partial charge on any atom is 0.410 e. The van der Waals surface area contributed by atoms with E-state index in [4.69, 9.17) is 14.8 Å². The highest BCUT2D eigenvalue weighted by molar-refractivity contribution is 5.92. The molecule has 2 aliphatic rings. The van der Waals surface area contributed by atoms with Gasteiger partial charge in [0, 0.05) is 37.0 Å². The molecule has 1 amide bonds. The average Bonchev–Trinajstić information content (AvgIpc) is 3.38. The summed E-state index contributed by atoms with van der Waals surface area (Å²) in [7, 11) is 0. The molecule has 3 heterocycles. The number of nitrogens with zero attached hydrogens (tertiary/aromatic N) is 6. The molecule has 0 unspecified atom stereocenters. The van der Waals surface area contributed by atoms with Gasteiger partial charge in [-0.1, -0.05) is 61.7 Å². The molecule has 6 rings (SSSR count). The van der Waals surface area contributed by atoms with Crippen molar-refractivity contribution in [2.45, 2.75) is 57.6 Å². The van der Waals surface area contributed by atoms with E-state index in [0.29, 0.717) is 25.6 Å². The van der Waals surface area contributed by atoms with Gasteiger partial charge >= 0.3 is 6.09 Å². The van der Waals surface area contributed by atoms with Gasteiger partial charge in [-0.25, -0.2) is 14.2 Å². The van der Waals surface area contributed by atoms with Crippen LogP contribution < -0.4 is 4.90 Å². The van der Waals surface area contributed by atoms with Gasteiger partial charge in [-0.05, 0) is 37.5 Å². The molecule has 2 aromatic heterocycles. The van der Waals surface area contributed by atoms with E-state index in [1.807, 2.05) is 53.4 Å². The lowest BCUT2D eigenvalue weighted by atomic mass is 9.89. The maximum atomic E-state index is 12.9. The number of aromatic nitrogens is 4. The monoisotopic (exact) mass is 484 g/mol. The van der Waals surface area contributed by atoms with Crippen molar-refractivity contribution in [1.29, 1.82) is 0 Å². The van der Waals surface area contributed by atoms with Crippen LogP contribution in [0.4, 0.5) is 10.7 Å². The minimum Gasteiger partial charge on any atom is -0.445 e. The van der Waals surface area contributed by atoms with E-state index in [9.17, 15) is 4.79 Å². The van der Waals surface area contributed by atoms with Gasteiger partial charge in [-0.15, -0.1) is 10.2 Å². The number of rotatable bonds is 4. The first-order valence-electron chi connectivity index (χ1n) is 13.0. The molecule has 8 heteroatoms. The molecule has 8 nitrogen and oxygen atoms in total. The van der Waals surface area contributed by atoms with E-state index in [2.05, 4.69) is 27.4 Å². The van der Waals surface area contributed by atoms with Crippen LogP contribution in [0.2, 0.25) is 0 Å². The van der Waals surface area contributed by atoms with Crippen molar-refractivity contribution in [3.8, 4) is 0 Å². The molecule has 0 spiro atoms. The summed E-state index contributed by atoms with van der Waals surface area (Å²) in [6.07, 6.45) is 5.78. The van der Waals surface area contributed by atoms with Gasteiger partial charge in [0.05, 0.1) is 5.52 Å². The number of carbonyl (C=O) groups excluding carboxylic acids is 1. The van der Waals surface area contributed by atoms with E-state index in [-0.39, 0.29) is 18.7 Å². The van der Waals surface area contributed by atoms with Crippen LogP contribution in [0, 0.1) is 0 Å². The summed E-state index contributed by atoms with van der Waals surface area (Å²) in [5, 5.41) is 10.4. The van der Waals surface area contributed by atoms with E-state index < -0.39 is 0 Å².